The Morgan fingerprint density at radius 3 is 2.11 bits per heavy atom. The highest BCUT2D eigenvalue weighted by Crippen LogP contribution is 2.28. The lowest BCUT2D eigenvalue weighted by atomic mass is 10.2. The molecule has 1 aromatic carbocycles. The Kier molecular flexibility index (Phi) is 4.39. The Bertz CT molecular complexity index is 498. The topological polar surface area (TPSA) is 108 Å². The van der Waals surface area contributed by atoms with Crippen LogP contribution in [0.2, 0.25) is 0 Å². The number of carbonyl (C=O) groups excluding carboxylic acids is 3. The average molecular weight is 252 g/mol. The van der Waals surface area contributed by atoms with Crippen LogP contribution in [0.5, 0.6) is 11.5 Å². The lowest BCUT2D eigenvalue weighted by molar-refractivity contribution is -0.134. The normalized spacial score (nSPS) is 9.50. The first-order chi connectivity index (χ1) is 8.43. The fourth-order valence-electron chi connectivity index (χ4n) is 1.21. The van der Waals surface area contributed by atoms with E-state index >= 15 is 0 Å². The molecule has 7 nitrogen and oxygen atoms in total. The molecule has 0 unspecified atom stereocenters. The molecule has 0 aliphatic carbocycles. The molecule has 0 aromatic heterocycles. The van der Waals surface area contributed by atoms with E-state index in [-0.39, 0.29) is 17.1 Å². The molecule has 0 saturated heterocycles. The van der Waals surface area contributed by atoms with Crippen LogP contribution in [0.1, 0.15) is 24.2 Å². The number of nitrogen functional groups attached to an aromatic ring is 1. The maximum absolute atomic E-state index is 11.3. The second-order valence-electron chi connectivity index (χ2n) is 3.32. The van der Waals surface area contributed by atoms with Gasteiger partial charge in [-0.2, -0.15) is 0 Å². The van der Waals surface area contributed by atoms with Crippen molar-refractivity contribution in [3.8, 4) is 11.5 Å². The van der Waals surface area contributed by atoms with Gasteiger partial charge in [0.2, 0.25) is 0 Å². The van der Waals surface area contributed by atoms with Gasteiger partial charge in [-0.1, -0.05) is 0 Å². The van der Waals surface area contributed by atoms with E-state index < -0.39 is 17.8 Å². The van der Waals surface area contributed by atoms with Crippen molar-refractivity contribution in [2.45, 2.75) is 13.8 Å². The number of ether oxygens (including phenoxy) is 2. The zero-order valence-electron chi connectivity index (χ0n) is 9.85. The number of nitrogens with one attached hydrogen (secondary N) is 1. The van der Waals surface area contributed by atoms with Gasteiger partial charge < -0.3 is 9.47 Å². The standard InChI is InChI=1S/C11H12N2O5/c1-6(14)17-9-4-3-8(11(16)13-12)5-10(9)18-7(2)15/h3-5H,12H2,1-2H3,(H,13,16). The minimum absolute atomic E-state index is 0.0289. The summed E-state index contributed by atoms with van der Waals surface area (Å²) in [6, 6.07) is 3.97. The Morgan fingerprint density at radius 2 is 1.61 bits per heavy atom. The molecule has 0 aliphatic rings. The van der Waals surface area contributed by atoms with E-state index in [0.29, 0.717) is 0 Å². The molecular formula is C11H12N2O5. The van der Waals surface area contributed by atoms with Crippen LogP contribution in [-0.4, -0.2) is 17.8 Å². The van der Waals surface area contributed by atoms with Gasteiger partial charge in [0, 0.05) is 19.4 Å². The molecule has 1 aromatic rings. The molecule has 0 atom stereocenters. The number of hydrogen-bond acceptors (Lipinski definition) is 6. The number of esters is 2. The first-order valence-electron chi connectivity index (χ1n) is 4.96. The number of nitrogens with two attached hydrogens (primary N) is 1. The predicted octanol–water partition coefficient (Wildman–Crippen LogP) is 0.141. The maximum atomic E-state index is 11.3. The molecule has 0 heterocycles. The van der Waals surface area contributed by atoms with E-state index in [1.165, 1.54) is 32.0 Å². The third-order valence-corrected chi connectivity index (χ3v) is 1.84. The number of benzene rings is 1. The predicted molar refractivity (Wildman–Crippen MR) is 60.7 cm³/mol. The summed E-state index contributed by atoms with van der Waals surface area (Å²) in [5.74, 6) is 3.27. The Labute approximate surface area is 103 Å². The summed E-state index contributed by atoms with van der Waals surface area (Å²) in [6.07, 6.45) is 0. The van der Waals surface area contributed by atoms with Gasteiger partial charge in [-0.3, -0.25) is 19.8 Å². The number of hydrogen-bond donors (Lipinski definition) is 2. The van der Waals surface area contributed by atoms with Crippen molar-refractivity contribution in [3.05, 3.63) is 23.8 Å². The van der Waals surface area contributed by atoms with Crippen molar-refractivity contribution in [3.63, 3.8) is 0 Å². The highest BCUT2D eigenvalue weighted by molar-refractivity contribution is 5.94. The lowest BCUT2D eigenvalue weighted by Gasteiger charge is -2.09. The lowest BCUT2D eigenvalue weighted by Crippen LogP contribution is -2.30. The number of hydrazine groups is 1. The minimum atomic E-state index is -0.603. The summed E-state index contributed by atoms with van der Waals surface area (Å²) in [5.41, 5.74) is 2.11. The molecule has 96 valence electrons. The summed E-state index contributed by atoms with van der Waals surface area (Å²) >= 11 is 0. The summed E-state index contributed by atoms with van der Waals surface area (Å²) < 4.78 is 9.68. The third kappa shape index (κ3) is 3.56. The monoisotopic (exact) mass is 252 g/mol. The molecule has 7 heteroatoms. The van der Waals surface area contributed by atoms with Gasteiger partial charge in [-0.05, 0) is 18.2 Å². The average Bonchev–Trinajstić information content (AvgIpc) is 2.29. The van der Waals surface area contributed by atoms with Crippen LogP contribution in [0.4, 0.5) is 0 Å². The molecule has 0 fully saturated rings. The van der Waals surface area contributed by atoms with Crippen molar-refractivity contribution >= 4 is 17.8 Å². The van der Waals surface area contributed by atoms with Crippen molar-refractivity contribution in [1.82, 2.24) is 5.43 Å². The van der Waals surface area contributed by atoms with Crippen molar-refractivity contribution in [2.75, 3.05) is 0 Å². The van der Waals surface area contributed by atoms with E-state index in [2.05, 4.69) is 0 Å². The fraction of sp³-hybridized carbons (Fsp3) is 0.182. The van der Waals surface area contributed by atoms with E-state index in [0.717, 1.165) is 0 Å². The van der Waals surface area contributed by atoms with Gasteiger partial charge in [0.15, 0.2) is 11.5 Å². The Balaban J connectivity index is 3.15. The van der Waals surface area contributed by atoms with Crippen LogP contribution >= 0.6 is 0 Å². The van der Waals surface area contributed by atoms with Gasteiger partial charge in [-0.15, -0.1) is 0 Å². The zero-order valence-corrected chi connectivity index (χ0v) is 9.85. The van der Waals surface area contributed by atoms with Gasteiger partial charge >= 0.3 is 11.9 Å². The molecule has 0 radical (unpaired) electrons. The van der Waals surface area contributed by atoms with Crippen molar-refractivity contribution in [1.29, 1.82) is 0 Å². The van der Waals surface area contributed by atoms with Gasteiger partial charge in [0.05, 0.1) is 0 Å². The molecule has 1 rings (SSSR count). The highest BCUT2D eigenvalue weighted by Gasteiger charge is 2.13. The number of amides is 1. The molecule has 3 N–H and O–H groups in total. The minimum Gasteiger partial charge on any atom is -0.423 e. The van der Waals surface area contributed by atoms with E-state index in [4.69, 9.17) is 15.3 Å². The first-order valence-corrected chi connectivity index (χ1v) is 4.96. The van der Waals surface area contributed by atoms with Gasteiger partial charge in [-0.25, -0.2) is 5.84 Å². The quantitative estimate of drug-likeness (QED) is 0.260. The van der Waals surface area contributed by atoms with Crippen molar-refractivity contribution in [2.24, 2.45) is 5.84 Å². The van der Waals surface area contributed by atoms with Crippen molar-refractivity contribution < 1.29 is 23.9 Å². The largest absolute Gasteiger partial charge is 0.423 e. The second-order valence-corrected chi connectivity index (χ2v) is 3.32. The van der Waals surface area contributed by atoms with Crippen LogP contribution in [0.25, 0.3) is 0 Å². The van der Waals surface area contributed by atoms with E-state index in [9.17, 15) is 14.4 Å². The third-order valence-electron chi connectivity index (χ3n) is 1.84. The number of rotatable bonds is 3. The van der Waals surface area contributed by atoms with E-state index in [1.54, 1.807) is 0 Å². The van der Waals surface area contributed by atoms with Gasteiger partial charge in [0.25, 0.3) is 5.91 Å². The Hall–Kier alpha value is -2.41. The molecule has 0 aliphatic heterocycles. The fourth-order valence-corrected chi connectivity index (χ4v) is 1.21. The van der Waals surface area contributed by atoms with Crippen LogP contribution in [0.15, 0.2) is 18.2 Å². The zero-order chi connectivity index (χ0) is 13.7. The Morgan fingerprint density at radius 1 is 1.06 bits per heavy atom. The maximum Gasteiger partial charge on any atom is 0.308 e. The van der Waals surface area contributed by atoms with Crippen LogP contribution < -0.4 is 20.7 Å². The smallest absolute Gasteiger partial charge is 0.308 e. The van der Waals surface area contributed by atoms with Gasteiger partial charge in [0.1, 0.15) is 0 Å². The molecule has 0 bridgehead atoms. The molecule has 1 amide bonds. The molecular weight excluding hydrogens is 240 g/mol. The molecule has 18 heavy (non-hydrogen) atoms. The second kappa shape index (κ2) is 5.78. The van der Waals surface area contributed by atoms with Crippen LogP contribution in [0.3, 0.4) is 0 Å². The van der Waals surface area contributed by atoms with Crippen LogP contribution in [0, 0.1) is 0 Å². The molecule has 0 spiro atoms. The highest BCUT2D eigenvalue weighted by atomic mass is 16.6. The SMILES string of the molecule is CC(=O)Oc1ccc(C(=O)NN)cc1OC(C)=O. The number of carbonyl (C=O) groups is 3. The summed E-state index contributed by atoms with van der Waals surface area (Å²) in [4.78, 5) is 33.1. The van der Waals surface area contributed by atoms with E-state index in [1.807, 2.05) is 5.43 Å². The van der Waals surface area contributed by atoms with Crippen LogP contribution in [-0.2, 0) is 9.59 Å². The molecule has 0 saturated carbocycles. The first kappa shape index (κ1) is 13.7. The summed E-state index contributed by atoms with van der Waals surface area (Å²) in [6.45, 7) is 2.39. The summed E-state index contributed by atoms with van der Waals surface area (Å²) in [7, 11) is 0. The summed E-state index contributed by atoms with van der Waals surface area (Å²) in [5, 5.41) is 0.